The van der Waals surface area contributed by atoms with Gasteiger partial charge in [-0.3, -0.25) is 0 Å². The van der Waals surface area contributed by atoms with Gasteiger partial charge in [-0.2, -0.15) is 0 Å². The smallest absolute Gasteiger partial charge is 0.122 e. The number of hydrogen-bond acceptors (Lipinski definition) is 4. The van der Waals surface area contributed by atoms with E-state index in [-0.39, 0.29) is 6.04 Å². The molecule has 0 amide bonds. The summed E-state index contributed by atoms with van der Waals surface area (Å²) in [5.41, 5.74) is 5.30. The molecule has 0 saturated heterocycles. The van der Waals surface area contributed by atoms with Gasteiger partial charge in [-0.1, -0.05) is 39.8 Å². The van der Waals surface area contributed by atoms with E-state index in [0.717, 1.165) is 50.7 Å². The minimum Gasteiger partial charge on any atom is -0.496 e. The molecule has 0 radical (unpaired) electrons. The third-order valence-electron chi connectivity index (χ3n) is 5.95. The van der Waals surface area contributed by atoms with E-state index in [1.165, 1.54) is 22.3 Å². The maximum atomic E-state index is 6.05. The van der Waals surface area contributed by atoms with Crippen LogP contribution in [0.4, 0.5) is 0 Å². The Hall–Kier alpha value is -2.04. The van der Waals surface area contributed by atoms with Crippen LogP contribution in [0, 0.1) is 0 Å². The van der Waals surface area contributed by atoms with E-state index in [1.54, 1.807) is 7.11 Å². The number of ether oxygens (including phenoxy) is 2. The van der Waals surface area contributed by atoms with Gasteiger partial charge in [-0.15, -0.1) is 0 Å². The van der Waals surface area contributed by atoms with Crippen molar-refractivity contribution in [1.29, 1.82) is 0 Å². The zero-order valence-electron chi connectivity index (χ0n) is 18.6. The molecular formula is C25H36N2O2. The summed E-state index contributed by atoms with van der Waals surface area (Å²) >= 11 is 0. The van der Waals surface area contributed by atoms with Crippen LogP contribution in [-0.4, -0.2) is 44.8 Å². The lowest BCUT2D eigenvalue weighted by Gasteiger charge is -2.29. The number of nitrogens with one attached hydrogen (secondary N) is 1. The van der Waals surface area contributed by atoms with Gasteiger partial charge in [0.2, 0.25) is 0 Å². The van der Waals surface area contributed by atoms with Crippen LogP contribution < -0.4 is 14.8 Å². The number of methoxy groups -OCH3 is 1. The molecule has 3 rings (SSSR count). The molecule has 2 aromatic rings. The standard InChI is InChI=1S/C25H36N2O2/c1-6-27(7-2)14-15-29-21-9-10-22-19(16-21)12-13-26-25(22)20-8-11-24(28-5)23(17-20)18(3)4/h8-11,16-18,25-26H,6-7,12-15H2,1-5H3. The lowest BCUT2D eigenvalue weighted by atomic mass is 9.88. The molecule has 0 spiro atoms. The second kappa shape index (κ2) is 10.1. The van der Waals surface area contributed by atoms with Gasteiger partial charge in [0, 0.05) is 13.1 Å². The molecule has 1 unspecified atom stereocenters. The van der Waals surface area contributed by atoms with Crippen LogP contribution in [0.25, 0.3) is 0 Å². The van der Waals surface area contributed by atoms with Gasteiger partial charge in [0.1, 0.15) is 18.1 Å². The maximum absolute atomic E-state index is 6.05. The summed E-state index contributed by atoms with van der Waals surface area (Å²) in [6.45, 7) is 13.6. The second-order valence-electron chi connectivity index (χ2n) is 8.03. The third kappa shape index (κ3) is 5.12. The number of fused-ring (bicyclic) bond motifs is 1. The first-order valence-corrected chi connectivity index (χ1v) is 11.0. The molecule has 0 bridgehead atoms. The van der Waals surface area contributed by atoms with Gasteiger partial charge in [-0.25, -0.2) is 0 Å². The second-order valence-corrected chi connectivity index (χ2v) is 8.03. The van der Waals surface area contributed by atoms with Gasteiger partial charge in [-0.05, 0) is 71.9 Å². The number of nitrogens with zero attached hydrogens (tertiary/aromatic N) is 1. The fraction of sp³-hybridized carbons (Fsp3) is 0.520. The highest BCUT2D eigenvalue weighted by molar-refractivity contribution is 5.47. The summed E-state index contributed by atoms with van der Waals surface area (Å²) in [6, 6.07) is 13.4. The van der Waals surface area contributed by atoms with Crippen molar-refractivity contribution < 1.29 is 9.47 Å². The van der Waals surface area contributed by atoms with Crippen molar-refractivity contribution >= 4 is 0 Å². The molecule has 158 valence electrons. The van der Waals surface area contributed by atoms with Crippen LogP contribution in [0.3, 0.4) is 0 Å². The largest absolute Gasteiger partial charge is 0.496 e. The molecule has 1 atom stereocenters. The van der Waals surface area contributed by atoms with Gasteiger partial charge in [0.05, 0.1) is 13.2 Å². The van der Waals surface area contributed by atoms with Crippen LogP contribution in [0.2, 0.25) is 0 Å². The number of rotatable bonds is 9. The Kier molecular flexibility index (Phi) is 7.57. The van der Waals surface area contributed by atoms with Crippen molar-refractivity contribution in [3.8, 4) is 11.5 Å². The van der Waals surface area contributed by atoms with E-state index >= 15 is 0 Å². The first kappa shape index (κ1) is 21.7. The Bertz CT molecular complexity index is 799. The zero-order valence-corrected chi connectivity index (χ0v) is 18.6. The first-order chi connectivity index (χ1) is 14.1. The quantitative estimate of drug-likeness (QED) is 0.662. The Labute approximate surface area is 176 Å². The van der Waals surface area contributed by atoms with Gasteiger partial charge >= 0.3 is 0 Å². The van der Waals surface area contributed by atoms with E-state index in [1.807, 2.05) is 0 Å². The number of likely N-dealkylation sites (N-methyl/N-ethyl adjacent to an activating group) is 1. The fourth-order valence-corrected chi connectivity index (χ4v) is 4.14. The van der Waals surface area contributed by atoms with Gasteiger partial charge in [0.15, 0.2) is 0 Å². The monoisotopic (exact) mass is 396 g/mol. The molecule has 4 heteroatoms. The van der Waals surface area contributed by atoms with Crippen molar-refractivity contribution in [1.82, 2.24) is 10.2 Å². The summed E-state index contributed by atoms with van der Waals surface area (Å²) < 4.78 is 11.6. The van der Waals surface area contributed by atoms with Crippen LogP contribution in [0.15, 0.2) is 36.4 Å². The summed E-state index contributed by atoms with van der Waals surface area (Å²) in [7, 11) is 1.75. The van der Waals surface area contributed by atoms with Crippen LogP contribution in [-0.2, 0) is 6.42 Å². The fourth-order valence-electron chi connectivity index (χ4n) is 4.14. The molecule has 1 aliphatic rings. The minimum absolute atomic E-state index is 0.215. The topological polar surface area (TPSA) is 33.7 Å². The van der Waals surface area contributed by atoms with Crippen LogP contribution in [0.5, 0.6) is 11.5 Å². The van der Waals surface area contributed by atoms with Crippen molar-refractivity contribution in [2.24, 2.45) is 0 Å². The molecule has 1 heterocycles. The molecule has 0 aromatic heterocycles. The van der Waals surface area contributed by atoms with Gasteiger partial charge in [0.25, 0.3) is 0 Å². The lowest BCUT2D eigenvalue weighted by Crippen LogP contribution is -2.31. The van der Waals surface area contributed by atoms with Crippen LogP contribution >= 0.6 is 0 Å². The predicted octanol–water partition coefficient (Wildman–Crippen LogP) is 4.77. The van der Waals surface area contributed by atoms with E-state index in [9.17, 15) is 0 Å². The Morgan fingerprint density at radius 2 is 1.90 bits per heavy atom. The normalized spacial score (nSPS) is 16.2. The SMILES string of the molecule is CCN(CC)CCOc1ccc2c(c1)CCNC2c1ccc(OC)c(C(C)C)c1. The van der Waals surface area contributed by atoms with Gasteiger partial charge < -0.3 is 19.7 Å². The van der Waals surface area contributed by atoms with E-state index < -0.39 is 0 Å². The van der Waals surface area contributed by atoms with E-state index in [0.29, 0.717) is 5.92 Å². The van der Waals surface area contributed by atoms with Crippen LogP contribution in [0.1, 0.15) is 61.9 Å². The van der Waals surface area contributed by atoms with Crippen molar-refractivity contribution in [3.05, 3.63) is 58.7 Å². The molecule has 0 aliphatic carbocycles. The summed E-state index contributed by atoms with van der Waals surface area (Å²) in [4.78, 5) is 2.38. The number of hydrogen-bond donors (Lipinski definition) is 1. The first-order valence-electron chi connectivity index (χ1n) is 11.0. The molecule has 2 aromatic carbocycles. The molecule has 0 saturated carbocycles. The maximum Gasteiger partial charge on any atom is 0.122 e. The summed E-state index contributed by atoms with van der Waals surface area (Å²) in [5, 5.41) is 3.70. The van der Waals surface area contributed by atoms with Crippen molar-refractivity contribution in [3.63, 3.8) is 0 Å². The molecule has 4 nitrogen and oxygen atoms in total. The Morgan fingerprint density at radius 1 is 1.10 bits per heavy atom. The average molecular weight is 397 g/mol. The molecule has 29 heavy (non-hydrogen) atoms. The highest BCUT2D eigenvalue weighted by atomic mass is 16.5. The lowest BCUT2D eigenvalue weighted by molar-refractivity contribution is 0.222. The highest BCUT2D eigenvalue weighted by Crippen LogP contribution is 2.35. The zero-order chi connectivity index (χ0) is 20.8. The molecule has 1 N–H and O–H groups in total. The number of benzene rings is 2. The minimum atomic E-state index is 0.215. The third-order valence-corrected chi connectivity index (χ3v) is 5.95. The van der Waals surface area contributed by atoms with E-state index in [2.05, 4.69) is 74.3 Å². The molecule has 0 fully saturated rings. The Balaban J connectivity index is 1.78. The van der Waals surface area contributed by atoms with Crippen molar-refractivity contribution in [2.75, 3.05) is 39.9 Å². The average Bonchev–Trinajstić information content (AvgIpc) is 2.75. The Morgan fingerprint density at radius 3 is 2.59 bits per heavy atom. The van der Waals surface area contributed by atoms with Crippen molar-refractivity contribution in [2.45, 2.75) is 46.1 Å². The molecular weight excluding hydrogens is 360 g/mol. The molecule has 1 aliphatic heterocycles. The summed E-state index contributed by atoms with van der Waals surface area (Å²) in [6.07, 6.45) is 1.03. The van der Waals surface area contributed by atoms with E-state index in [4.69, 9.17) is 9.47 Å². The predicted molar refractivity (Wildman–Crippen MR) is 120 cm³/mol. The highest BCUT2D eigenvalue weighted by Gasteiger charge is 2.23. The summed E-state index contributed by atoms with van der Waals surface area (Å²) in [5.74, 6) is 2.38.